The van der Waals surface area contributed by atoms with Crippen LogP contribution in [0.5, 0.6) is 0 Å². The van der Waals surface area contributed by atoms with Crippen LogP contribution in [-0.2, 0) is 29.1 Å². The molecule has 3 aromatic rings. The molecule has 1 aromatic carbocycles. The Morgan fingerprint density at radius 3 is 2.42 bits per heavy atom. The van der Waals surface area contributed by atoms with E-state index >= 15 is 0 Å². The number of hydrogen-bond acceptors (Lipinski definition) is 7. The lowest BCUT2D eigenvalue weighted by atomic mass is 9.95. The van der Waals surface area contributed by atoms with E-state index in [9.17, 15) is 26.0 Å². The van der Waals surface area contributed by atoms with Crippen LogP contribution >= 0.6 is 11.6 Å². The van der Waals surface area contributed by atoms with Crippen molar-refractivity contribution in [2.75, 3.05) is 29.5 Å². The van der Waals surface area contributed by atoms with E-state index in [1.807, 2.05) is 16.7 Å². The molecule has 3 aliphatic heterocycles. The maximum absolute atomic E-state index is 13.7. The Morgan fingerprint density at radius 1 is 1.00 bits per heavy atom. The fourth-order valence-corrected chi connectivity index (χ4v) is 7.19. The summed E-state index contributed by atoms with van der Waals surface area (Å²) < 4.78 is 78.8. The molecule has 0 radical (unpaired) electrons. The molecule has 6 rings (SSSR count). The molecule has 2 fully saturated rings. The Kier molecular flexibility index (Phi) is 6.15. The summed E-state index contributed by atoms with van der Waals surface area (Å²) in [6.07, 6.45) is -3.69. The van der Waals surface area contributed by atoms with E-state index in [4.69, 9.17) is 11.6 Å². The largest absolute Gasteiger partial charge is 0.436 e. The summed E-state index contributed by atoms with van der Waals surface area (Å²) in [5, 5.41) is 9.54. The van der Waals surface area contributed by atoms with Crippen LogP contribution in [0.1, 0.15) is 41.7 Å². The predicted molar refractivity (Wildman–Crippen MR) is 131 cm³/mol. The van der Waals surface area contributed by atoms with E-state index in [-0.39, 0.29) is 29.3 Å². The molecule has 14 heteroatoms. The maximum atomic E-state index is 13.7. The molecule has 0 spiro atoms. The van der Waals surface area contributed by atoms with Crippen LogP contribution in [0.3, 0.4) is 0 Å². The Balaban J connectivity index is 1.26. The predicted octanol–water partition coefficient (Wildman–Crippen LogP) is 3.97. The number of hydrogen-bond donors (Lipinski definition) is 0. The first kappa shape index (κ1) is 25.5. The van der Waals surface area contributed by atoms with Gasteiger partial charge < -0.3 is 4.90 Å². The molecule has 0 N–H and O–H groups in total. The van der Waals surface area contributed by atoms with Crippen LogP contribution < -0.4 is 4.90 Å². The molecule has 2 aromatic heterocycles. The number of pyridine rings is 1. The Morgan fingerprint density at radius 2 is 1.74 bits per heavy atom. The molecule has 0 saturated carbocycles. The standard InChI is InChI=1S/C24H23ClF4N6O2S/c25-16-1-3-19-15(9-16)10-34(17-12-38(36,37)13-17)11-21-31-32-23(35(19)21)14-5-7-33(8-6-14)20-4-2-18(26)22(30-20)24(27,28)29/h1-4,9,14,17H,5-8,10-13H2. The summed E-state index contributed by atoms with van der Waals surface area (Å²) >= 11 is 6.30. The third-order valence-electron chi connectivity index (χ3n) is 7.45. The summed E-state index contributed by atoms with van der Waals surface area (Å²) in [6, 6.07) is 7.53. The van der Waals surface area contributed by atoms with E-state index < -0.39 is 27.5 Å². The average Bonchev–Trinajstić information content (AvgIpc) is 3.18. The number of anilines is 1. The maximum Gasteiger partial charge on any atom is 0.436 e. The third kappa shape index (κ3) is 4.64. The van der Waals surface area contributed by atoms with Gasteiger partial charge in [0, 0.05) is 36.6 Å². The highest BCUT2D eigenvalue weighted by atomic mass is 35.5. The van der Waals surface area contributed by atoms with Crippen molar-refractivity contribution in [1.82, 2.24) is 24.6 Å². The van der Waals surface area contributed by atoms with Crippen molar-refractivity contribution in [2.24, 2.45) is 0 Å². The van der Waals surface area contributed by atoms with E-state index in [2.05, 4.69) is 20.1 Å². The second-order valence-electron chi connectivity index (χ2n) is 9.98. The highest BCUT2D eigenvalue weighted by molar-refractivity contribution is 7.92. The topological polar surface area (TPSA) is 84.2 Å². The lowest BCUT2D eigenvalue weighted by Gasteiger charge is -2.35. The second-order valence-corrected chi connectivity index (χ2v) is 12.6. The molecule has 0 unspecified atom stereocenters. The van der Waals surface area contributed by atoms with E-state index in [1.54, 1.807) is 11.0 Å². The van der Waals surface area contributed by atoms with Gasteiger partial charge >= 0.3 is 6.18 Å². The van der Waals surface area contributed by atoms with Crippen LogP contribution in [-0.4, -0.2) is 63.7 Å². The van der Waals surface area contributed by atoms with Crippen LogP contribution in [0.15, 0.2) is 30.3 Å². The van der Waals surface area contributed by atoms with Gasteiger partial charge in [0.2, 0.25) is 0 Å². The van der Waals surface area contributed by atoms with Crippen LogP contribution in [0.4, 0.5) is 23.4 Å². The fraction of sp³-hybridized carbons (Fsp3) is 0.458. The van der Waals surface area contributed by atoms with Gasteiger partial charge in [-0.1, -0.05) is 11.6 Å². The number of sulfone groups is 1. The second kappa shape index (κ2) is 9.16. The van der Waals surface area contributed by atoms with E-state index in [0.29, 0.717) is 49.9 Å². The van der Waals surface area contributed by atoms with Crippen LogP contribution in [0, 0.1) is 5.82 Å². The van der Waals surface area contributed by atoms with Gasteiger partial charge in [-0.25, -0.2) is 17.8 Å². The van der Waals surface area contributed by atoms with Crippen molar-refractivity contribution in [2.45, 2.75) is 44.1 Å². The molecular weight excluding hydrogens is 548 g/mol. The molecule has 3 aliphatic rings. The Bertz CT molecular complexity index is 1490. The van der Waals surface area contributed by atoms with Gasteiger partial charge in [-0.2, -0.15) is 13.2 Å². The molecule has 2 saturated heterocycles. The lowest BCUT2D eigenvalue weighted by molar-refractivity contribution is -0.143. The van der Waals surface area contributed by atoms with Crippen molar-refractivity contribution >= 4 is 27.3 Å². The summed E-state index contributed by atoms with van der Waals surface area (Å²) in [4.78, 5) is 7.37. The van der Waals surface area contributed by atoms with Gasteiger partial charge in [-0.15, -0.1) is 10.2 Å². The van der Waals surface area contributed by atoms with Crippen molar-refractivity contribution in [3.8, 4) is 5.69 Å². The lowest BCUT2D eigenvalue weighted by Crippen LogP contribution is -2.52. The summed E-state index contributed by atoms with van der Waals surface area (Å²) in [6.45, 7) is 1.79. The number of rotatable bonds is 3. The van der Waals surface area contributed by atoms with Gasteiger partial charge in [0.25, 0.3) is 0 Å². The first-order valence-corrected chi connectivity index (χ1v) is 14.3. The summed E-state index contributed by atoms with van der Waals surface area (Å²) in [5.41, 5.74) is 0.305. The minimum atomic E-state index is -4.87. The third-order valence-corrected chi connectivity index (χ3v) is 9.47. The molecule has 5 heterocycles. The van der Waals surface area contributed by atoms with Crippen molar-refractivity contribution in [3.63, 3.8) is 0 Å². The first-order chi connectivity index (χ1) is 18.0. The molecule has 0 aliphatic carbocycles. The molecule has 38 heavy (non-hydrogen) atoms. The number of fused-ring (bicyclic) bond motifs is 3. The van der Waals surface area contributed by atoms with Crippen molar-refractivity contribution < 1.29 is 26.0 Å². The van der Waals surface area contributed by atoms with E-state index in [1.165, 1.54) is 6.07 Å². The number of halogens is 5. The molecule has 202 valence electrons. The zero-order valence-corrected chi connectivity index (χ0v) is 21.6. The molecular formula is C24H23ClF4N6O2S. The highest BCUT2D eigenvalue weighted by Gasteiger charge is 2.40. The minimum absolute atomic E-state index is 0.0193. The van der Waals surface area contributed by atoms with Gasteiger partial charge in [0.05, 0.1) is 23.7 Å². The van der Waals surface area contributed by atoms with Crippen molar-refractivity contribution in [3.05, 3.63) is 64.1 Å². The molecule has 0 bridgehead atoms. The van der Waals surface area contributed by atoms with Gasteiger partial charge in [-0.05, 0) is 48.7 Å². The monoisotopic (exact) mass is 570 g/mol. The highest BCUT2D eigenvalue weighted by Crippen LogP contribution is 2.37. The number of piperidine rings is 1. The van der Waals surface area contributed by atoms with Gasteiger partial charge in [-0.3, -0.25) is 9.47 Å². The summed E-state index contributed by atoms with van der Waals surface area (Å²) in [7, 11) is -3.01. The Labute approximate surface area is 221 Å². The Hall–Kier alpha value is -2.77. The van der Waals surface area contributed by atoms with Gasteiger partial charge in [0.15, 0.2) is 27.2 Å². The first-order valence-electron chi connectivity index (χ1n) is 12.1. The SMILES string of the molecule is O=S1(=O)CC(N2Cc3cc(Cl)ccc3-n3c(nnc3C3CCN(c4ccc(F)c(C(F)(F)F)n4)CC3)C2)C1. The van der Waals surface area contributed by atoms with Crippen molar-refractivity contribution in [1.29, 1.82) is 0 Å². The molecule has 0 atom stereocenters. The zero-order chi connectivity index (χ0) is 26.8. The van der Waals surface area contributed by atoms with Gasteiger partial charge in [0.1, 0.15) is 11.6 Å². The fourth-order valence-electron chi connectivity index (χ4n) is 5.49. The number of alkyl halides is 3. The normalized spacial score (nSPS) is 20.5. The summed E-state index contributed by atoms with van der Waals surface area (Å²) in [5.74, 6) is 0.329. The quantitative estimate of drug-likeness (QED) is 0.441. The smallest absolute Gasteiger partial charge is 0.357 e. The van der Waals surface area contributed by atoms with Crippen LogP contribution in [0.25, 0.3) is 5.69 Å². The van der Waals surface area contributed by atoms with Crippen LogP contribution in [0.2, 0.25) is 5.02 Å². The molecule has 0 amide bonds. The number of benzene rings is 1. The minimum Gasteiger partial charge on any atom is -0.357 e. The van der Waals surface area contributed by atoms with E-state index in [0.717, 1.165) is 23.1 Å². The average molecular weight is 571 g/mol. The number of aromatic nitrogens is 4. The molecule has 8 nitrogen and oxygen atoms in total. The zero-order valence-electron chi connectivity index (χ0n) is 20.0. The number of nitrogens with zero attached hydrogens (tertiary/aromatic N) is 6.